The minimum Gasteiger partial charge on any atom is -0.456 e. The third-order valence-electron chi connectivity index (χ3n) is 5.22. The number of nitro benzene ring substituents is 1. The molecule has 1 fully saturated rings. The Balaban J connectivity index is 1.91. The van der Waals surface area contributed by atoms with Crippen molar-refractivity contribution in [1.29, 1.82) is 0 Å². The standard InChI is InChI=1S/C21H21NO5/c1-20(2)17(15-7-5-4-6-8-15)27-19(24)21(3,18(20)23)13-14-9-11-16(12-10-14)22(25)26/h4-12,17H,13H2,1-3H3/t17-,21-/m0/s1. The van der Waals surface area contributed by atoms with Crippen molar-refractivity contribution >= 4 is 17.4 Å². The van der Waals surface area contributed by atoms with Gasteiger partial charge in [-0.15, -0.1) is 0 Å². The van der Waals surface area contributed by atoms with Gasteiger partial charge in [-0.2, -0.15) is 0 Å². The number of ketones is 1. The molecule has 0 bridgehead atoms. The smallest absolute Gasteiger partial charge is 0.320 e. The van der Waals surface area contributed by atoms with E-state index >= 15 is 0 Å². The maximum absolute atomic E-state index is 13.3. The van der Waals surface area contributed by atoms with Gasteiger partial charge < -0.3 is 4.74 Å². The van der Waals surface area contributed by atoms with Crippen LogP contribution in [0.3, 0.4) is 0 Å². The van der Waals surface area contributed by atoms with E-state index in [9.17, 15) is 19.7 Å². The Morgan fingerprint density at radius 1 is 1.00 bits per heavy atom. The minimum atomic E-state index is -1.34. The minimum absolute atomic E-state index is 0.0362. The molecule has 0 spiro atoms. The summed E-state index contributed by atoms with van der Waals surface area (Å²) in [5.74, 6) is -0.766. The van der Waals surface area contributed by atoms with Crippen LogP contribution in [0.15, 0.2) is 54.6 Å². The van der Waals surface area contributed by atoms with Gasteiger partial charge in [0.2, 0.25) is 0 Å². The molecule has 0 amide bonds. The Kier molecular flexibility index (Phi) is 4.59. The van der Waals surface area contributed by atoms with Gasteiger partial charge in [0.15, 0.2) is 5.78 Å². The van der Waals surface area contributed by atoms with Crippen LogP contribution in [0.2, 0.25) is 0 Å². The number of hydrogen-bond acceptors (Lipinski definition) is 5. The number of hydrogen-bond donors (Lipinski definition) is 0. The molecule has 0 unspecified atom stereocenters. The van der Waals surface area contributed by atoms with Crippen LogP contribution in [-0.2, 0) is 20.7 Å². The lowest BCUT2D eigenvalue weighted by atomic mass is 9.64. The van der Waals surface area contributed by atoms with E-state index in [0.29, 0.717) is 5.56 Å². The molecule has 3 rings (SSSR count). The number of Topliss-reactive ketones (excluding diaryl/α,β-unsaturated/α-hetero) is 1. The molecule has 0 N–H and O–H groups in total. The topological polar surface area (TPSA) is 86.5 Å². The monoisotopic (exact) mass is 367 g/mol. The maximum Gasteiger partial charge on any atom is 0.320 e. The molecule has 6 nitrogen and oxygen atoms in total. The highest BCUT2D eigenvalue weighted by Gasteiger charge is 2.57. The first kappa shape index (κ1) is 18.8. The number of esters is 1. The summed E-state index contributed by atoms with van der Waals surface area (Å²) in [7, 11) is 0. The lowest BCUT2D eigenvalue weighted by Crippen LogP contribution is -2.54. The van der Waals surface area contributed by atoms with Gasteiger partial charge in [0.1, 0.15) is 11.5 Å². The molecule has 0 aromatic heterocycles. The Bertz CT molecular complexity index is 889. The van der Waals surface area contributed by atoms with Crippen LogP contribution in [0.25, 0.3) is 0 Å². The fourth-order valence-electron chi connectivity index (χ4n) is 3.72. The molecule has 2 aromatic rings. The van der Waals surface area contributed by atoms with E-state index in [1.165, 1.54) is 12.1 Å². The van der Waals surface area contributed by atoms with E-state index in [0.717, 1.165) is 5.56 Å². The number of benzene rings is 2. The zero-order chi connectivity index (χ0) is 19.8. The van der Waals surface area contributed by atoms with E-state index in [2.05, 4.69) is 0 Å². The van der Waals surface area contributed by atoms with E-state index in [1.54, 1.807) is 32.9 Å². The number of non-ortho nitro benzene ring substituents is 1. The van der Waals surface area contributed by atoms with Crippen LogP contribution in [0.5, 0.6) is 0 Å². The number of nitro groups is 1. The Morgan fingerprint density at radius 3 is 2.15 bits per heavy atom. The van der Waals surface area contributed by atoms with Crippen LogP contribution in [0, 0.1) is 20.9 Å². The molecule has 6 heteroatoms. The van der Waals surface area contributed by atoms with Crippen molar-refractivity contribution in [2.45, 2.75) is 33.3 Å². The summed E-state index contributed by atoms with van der Waals surface area (Å²) in [5, 5.41) is 10.8. The Labute approximate surface area is 157 Å². The fraction of sp³-hybridized carbons (Fsp3) is 0.333. The molecule has 2 aromatic carbocycles. The molecule has 140 valence electrons. The summed E-state index contributed by atoms with van der Waals surface area (Å²) in [5.41, 5.74) is -0.828. The van der Waals surface area contributed by atoms with Gasteiger partial charge >= 0.3 is 5.97 Å². The fourth-order valence-corrected chi connectivity index (χ4v) is 3.72. The quantitative estimate of drug-likeness (QED) is 0.352. The summed E-state index contributed by atoms with van der Waals surface area (Å²) < 4.78 is 5.74. The average molecular weight is 367 g/mol. The third-order valence-corrected chi connectivity index (χ3v) is 5.22. The van der Waals surface area contributed by atoms with Crippen LogP contribution in [0.4, 0.5) is 5.69 Å². The van der Waals surface area contributed by atoms with Crippen molar-refractivity contribution in [2.75, 3.05) is 0 Å². The second-order valence-corrected chi connectivity index (χ2v) is 7.68. The van der Waals surface area contributed by atoms with Gasteiger partial charge in [0.05, 0.1) is 10.3 Å². The molecule has 1 saturated heterocycles. The van der Waals surface area contributed by atoms with E-state index in [4.69, 9.17) is 4.74 Å². The molecule has 2 atom stereocenters. The van der Waals surface area contributed by atoms with Crippen LogP contribution in [0.1, 0.15) is 38.0 Å². The molecule has 0 saturated carbocycles. The first-order chi connectivity index (χ1) is 12.7. The summed E-state index contributed by atoms with van der Waals surface area (Å²) in [4.78, 5) is 36.5. The molecule has 1 heterocycles. The van der Waals surface area contributed by atoms with Crippen LogP contribution in [-0.4, -0.2) is 16.7 Å². The van der Waals surface area contributed by atoms with E-state index in [-0.39, 0.29) is 17.9 Å². The number of carbonyl (C=O) groups excluding carboxylic acids is 2. The van der Waals surface area contributed by atoms with Gasteiger partial charge in [-0.05, 0) is 38.3 Å². The summed E-state index contributed by atoms with van der Waals surface area (Å²) in [6, 6.07) is 15.1. The van der Waals surface area contributed by atoms with Gasteiger partial charge in [-0.25, -0.2) is 0 Å². The molecule has 1 aliphatic rings. The summed E-state index contributed by atoms with van der Waals surface area (Å²) >= 11 is 0. The van der Waals surface area contributed by atoms with Gasteiger partial charge in [0, 0.05) is 12.1 Å². The van der Waals surface area contributed by atoms with E-state index < -0.39 is 27.8 Å². The van der Waals surface area contributed by atoms with Gasteiger partial charge in [0.25, 0.3) is 5.69 Å². The van der Waals surface area contributed by atoms with Crippen molar-refractivity contribution < 1.29 is 19.2 Å². The average Bonchev–Trinajstić information content (AvgIpc) is 2.65. The molecular weight excluding hydrogens is 346 g/mol. The zero-order valence-corrected chi connectivity index (χ0v) is 15.5. The maximum atomic E-state index is 13.3. The Morgan fingerprint density at radius 2 is 1.59 bits per heavy atom. The largest absolute Gasteiger partial charge is 0.456 e. The summed E-state index contributed by atoms with van der Waals surface area (Å²) in [6.07, 6.45) is -0.517. The molecule has 0 aliphatic carbocycles. The summed E-state index contributed by atoms with van der Waals surface area (Å²) in [6.45, 7) is 5.16. The lowest BCUT2D eigenvalue weighted by molar-refractivity contribution is -0.384. The zero-order valence-electron chi connectivity index (χ0n) is 15.5. The number of carbonyl (C=O) groups is 2. The van der Waals surface area contributed by atoms with Gasteiger partial charge in [-0.3, -0.25) is 19.7 Å². The number of nitrogens with zero attached hydrogens (tertiary/aromatic N) is 1. The number of rotatable bonds is 4. The van der Waals surface area contributed by atoms with Crippen molar-refractivity contribution in [1.82, 2.24) is 0 Å². The second-order valence-electron chi connectivity index (χ2n) is 7.68. The predicted octanol–water partition coefficient (Wildman–Crippen LogP) is 4.04. The SMILES string of the molecule is CC1(C)C(=O)[C@](C)(Cc2ccc([N+](=O)[O-])cc2)C(=O)O[C@H]1c1ccccc1. The first-order valence-electron chi connectivity index (χ1n) is 8.70. The lowest BCUT2D eigenvalue weighted by Gasteiger charge is -2.44. The predicted molar refractivity (Wildman–Crippen MR) is 99.0 cm³/mol. The molecular formula is C21H21NO5. The molecule has 0 radical (unpaired) electrons. The van der Waals surface area contributed by atoms with Gasteiger partial charge in [-0.1, -0.05) is 42.5 Å². The first-order valence-corrected chi connectivity index (χ1v) is 8.70. The number of cyclic esters (lactones) is 1. The molecule has 27 heavy (non-hydrogen) atoms. The van der Waals surface area contributed by atoms with E-state index in [1.807, 2.05) is 30.3 Å². The normalized spacial score (nSPS) is 24.3. The Hall–Kier alpha value is -3.02. The van der Waals surface area contributed by atoms with Crippen molar-refractivity contribution in [3.05, 3.63) is 75.8 Å². The highest BCUT2D eigenvalue weighted by molar-refractivity contribution is 6.08. The van der Waals surface area contributed by atoms with Crippen molar-refractivity contribution in [2.24, 2.45) is 10.8 Å². The molecule has 1 aliphatic heterocycles. The highest BCUT2D eigenvalue weighted by Crippen LogP contribution is 2.48. The third kappa shape index (κ3) is 3.23. The van der Waals surface area contributed by atoms with Crippen molar-refractivity contribution in [3.63, 3.8) is 0 Å². The highest BCUT2D eigenvalue weighted by atomic mass is 16.6. The second kappa shape index (κ2) is 6.61. The van der Waals surface area contributed by atoms with Crippen molar-refractivity contribution in [3.8, 4) is 0 Å². The van der Waals surface area contributed by atoms with Crippen LogP contribution < -0.4 is 0 Å². The number of ether oxygens (including phenoxy) is 1. The van der Waals surface area contributed by atoms with Crippen LogP contribution >= 0.6 is 0 Å².